The van der Waals surface area contributed by atoms with Crippen LogP contribution >= 0.6 is 16.1 Å². The summed E-state index contributed by atoms with van der Waals surface area (Å²) >= 11 is 0. The molecule has 0 unspecified atom stereocenters. The van der Waals surface area contributed by atoms with Crippen LogP contribution in [0.4, 0.5) is 0 Å². The molecular weight excluding hydrogens is 450 g/mol. The molecule has 4 aromatic carbocycles. The van der Waals surface area contributed by atoms with Gasteiger partial charge < -0.3 is 0 Å². The Labute approximate surface area is 204 Å². The second kappa shape index (κ2) is 11.3. The third-order valence-corrected chi connectivity index (χ3v) is 10.9. The van der Waals surface area contributed by atoms with Crippen molar-refractivity contribution in [2.24, 2.45) is 0 Å². The number of pyridine rings is 1. The van der Waals surface area contributed by atoms with Gasteiger partial charge in [0, 0.05) is 28.9 Å². The highest BCUT2D eigenvalue weighted by Crippen LogP contribution is 2.55. The summed E-state index contributed by atoms with van der Waals surface area (Å²) in [5, 5.41) is 5.39. The van der Waals surface area contributed by atoms with E-state index < -0.39 is 16.1 Å². The summed E-state index contributed by atoms with van der Waals surface area (Å²) in [7, 11) is -1.60. The Morgan fingerprint density at radius 2 is 0.794 bits per heavy atom. The van der Waals surface area contributed by atoms with Crippen molar-refractivity contribution in [2.45, 2.75) is 6.54 Å². The van der Waals surface area contributed by atoms with Crippen molar-refractivity contribution in [2.75, 3.05) is 0 Å². The third-order valence-electron chi connectivity index (χ3n) is 5.49. The molecule has 5 aromatic rings. The molecule has 0 N–H and O–H groups in total. The van der Waals surface area contributed by atoms with Crippen molar-refractivity contribution >= 4 is 37.4 Å². The summed E-state index contributed by atoms with van der Waals surface area (Å²) in [5.41, 5.74) is 1.08. The van der Waals surface area contributed by atoms with Crippen LogP contribution in [0.15, 0.2) is 146 Å². The molecule has 0 amide bonds. The van der Waals surface area contributed by atoms with Crippen molar-refractivity contribution in [3.8, 4) is 0 Å². The normalized spacial score (nSPS) is 11.3. The molecule has 0 fully saturated rings. The van der Waals surface area contributed by atoms with Gasteiger partial charge in [0.25, 0.3) is 0 Å². The summed E-state index contributed by atoms with van der Waals surface area (Å²) in [6, 6.07) is 50.0. The fourth-order valence-electron chi connectivity index (χ4n) is 3.98. The zero-order chi connectivity index (χ0) is 23.0. The van der Waals surface area contributed by atoms with Crippen LogP contribution in [-0.2, 0) is 6.54 Å². The Kier molecular flexibility index (Phi) is 7.53. The van der Waals surface area contributed by atoms with Crippen LogP contribution in [0, 0.1) is 0 Å². The molecule has 0 bridgehead atoms. The number of benzene rings is 4. The highest BCUT2D eigenvalue weighted by atomic mass is 31.2. The standard InChI is InChI=1S/C30H26N2P2/c1-5-16-27(17-6-1)33(28-18-7-2-8-19-28)32(25-26-15-13-14-24-31-26)34(29-20-9-3-10-21-29)30-22-11-4-12-23-30/h1-24H,25H2. The smallest absolute Gasteiger partial charge is 0.0551 e. The summed E-state index contributed by atoms with van der Waals surface area (Å²) < 4.78 is 2.71. The lowest BCUT2D eigenvalue weighted by atomic mass is 10.4. The quantitative estimate of drug-likeness (QED) is 0.256. The first-order valence-electron chi connectivity index (χ1n) is 11.4. The largest absolute Gasteiger partial charge is 0.260 e. The van der Waals surface area contributed by atoms with E-state index in [-0.39, 0.29) is 0 Å². The maximum atomic E-state index is 4.74. The van der Waals surface area contributed by atoms with Crippen molar-refractivity contribution < 1.29 is 0 Å². The van der Waals surface area contributed by atoms with Crippen LogP contribution in [0.2, 0.25) is 0 Å². The summed E-state index contributed by atoms with van der Waals surface area (Å²) in [4.78, 5) is 4.74. The fraction of sp³-hybridized carbons (Fsp3) is 0.0333. The number of hydrogen-bond acceptors (Lipinski definition) is 2. The molecule has 1 heterocycles. The molecule has 0 aliphatic rings. The van der Waals surface area contributed by atoms with E-state index in [1.165, 1.54) is 21.2 Å². The van der Waals surface area contributed by atoms with Crippen molar-refractivity contribution in [1.29, 1.82) is 0 Å². The van der Waals surface area contributed by atoms with Crippen molar-refractivity contribution in [3.63, 3.8) is 0 Å². The van der Waals surface area contributed by atoms with Gasteiger partial charge in [-0.2, -0.15) is 0 Å². The first-order chi connectivity index (χ1) is 16.9. The Morgan fingerprint density at radius 1 is 0.441 bits per heavy atom. The minimum Gasteiger partial charge on any atom is -0.260 e. The molecule has 166 valence electrons. The molecule has 0 aliphatic carbocycles. The lowest BCUT2D eigenvalue weighted by molar-refractivity contribution is 0.698. The maximum Gasteiger partial charge on any atom is 0.0551 e. The van der Waals surface area contributed by atoms with Gasteiger partial charge in [-0.05, 0) is 33.4 Å². The van der Waals surface area contributed by atoms with Crippen LogP contribution in [-0.4, -0.2) is 9.42 Å². The van der Waals surface area contributed by atoms with E-state index in [1.54, 1.807) is 0 Å². The first kappa shape index (κ1) is 22.6. The molecule has 5 rings (SSSR count). The minimum absolute atomic E-state index is 0.770. The molecular formula is C30H26N2P2. The van der Waals surface area contributed by atoms with E-state index in [9.17, 15) is 0 Å². The highest BCUT2D eigenvalue weighted by Gasteiger charge is 2.31. The number of aromatic nitrogens is 1. The second-order valence-corrected chi connectivity index (χ2v) is 12.4. The Balaban J connectivity index is 1.73. The number of hydrogen-bond donors (Lipinski definition) is 0. The average Bonchev–Trinajstić information content (AvgIpc) is 2.92. The van der Waals surface area contributed by atoms with E-state index >= 15 is 0 Å². The van der Waals surface area contributed by atoms with Gasteiger partial charge in [0.1, 0.15) is 0 Å². The fourth-order valence-corrected chi connectivity index (χ4v) is 9.98. The topological polar surface area (TPSA) is 16.1 Å². The lowest BCUT2D eigenvalue weighted by Gasteiger charge is -2.39. The molecule has 4 heteroatoms. The molecule has 0 aliphatic heterocycles. The van der Waals surface area contributed by atoms with E-state index in [1.807, 2.05) is 12.3 Å². The van der Waals surface area contributed by atoms with Crippen molar-refractivity contribution in [1.82, 2.24) is 9.42 Å². The summed E-state index contributed by atoms with van der Waals surface area (Å²) in [6.45, 7) is 0.770. The van der Waals surface area contributed by atoms with Gasteiger partial charge in [-0.15, -0.1) is 0 Å². The Morgan fingerprint density at radius 3 is 1.12 bits per heavy atom. The molecule has 0 atom stereocenters. The van der Waals surface area contributed by atoms with E-state index in [2.05, 4.69) is 138 Å². The molecule has 2 nitrogen and oxygen atoms in total. The van der Waals surface area contributed by atoms with Gasteiger partial charge in [-0.3, -0.25) is 4.98 Å². The average molecular weight is 477 g/mol. The SMILES string of the molecule is c1ccc(P(c2ccccc2)N(Cc2ccccn2)P(c2ccccc2)c2ccccc2)cc1. The second-order valence-electron chi connectivity index (χ2n) is 7.82. The van der Waals surface area contributed by atoms with Crippen LogP contribution in [0.1, 0.15) is 5.69 Å². The van der Waals surface area contributed by atoms with Crippen LogP contribution in [0.25, 0.3) is 0 Å². The van der Waals surface area contributed by atoms with Gasteiger partial charge >= 0.3 is 0 Å². The predicted molar refractivity (Wildman–Crippen MR) is 148 cm³/mol. The third kappa shape index (κ3) is 5.32. The van der Waals surface area contributed by atoms with Crippen LogP contribution < -0.4 is 21.2 Å². The monoisotopic (exact) mass is 476 g/mol. The maximum absolute atomic E-state index is 4.74. The first-order valence-corrected chi connectivity index (χ1v) is 14.0. The van der Waals surface area contributed by atoms with Gasteiger partial charge in [0.05, 0.1) is 5.69 Å². The molecule has 0 saturated heterocycles. The van der Waals surface area contributed by atoms with E-state index in [4.69, 9.17) is 4.98 Å². The Hall–Kier alpha value is -3.15. The summed E-state index contributed by atoms with van der Waals surface area (Å²) in [5.74, 6) is 0. The number of nitrogens with zero attached hydrogens (tertiary/aromatic N) is 2. The van der Waals surface area contributed by atoms with Gasteiger partial charge in [-0.1, -0.05) is 127 Å². The van der Waals surface area contributed by atoms with Crippen LogP contribution in [0.3, 0.4) is 0 Å². The van der Waals surface area contributed by atoms with Crippen molar-refractivity contribution in [3.05, 3.63) is 151 Å². The molecule has 1 aromatic heterocycles. The molecule has 0 saturated carbocycles. The molecule has 34 heavy (non-hydrogen) atoms. The Bertz CT molecular complexity index is 1110. The van der Waals surface area contributed by atoms with Gasteiger partial charge in [0.15, 0.2) is 0 Å². The van der Waals surface area contributed by atoms with Gasteiger partial charge in [0.2, 0.25) is 0 Å². The van der Waals surface area contributed by atoms with E-state index in [0.717, 1.165) is 12.2 Å². The highest BCUT2D eigenvalue weighted by molar-refractivity contribution is 7.84. The van der Waals surface area contributed by atoms with E-state index in [0.29, 0.717) is 0 Å². The van der Waals surface area contributed by atoms with Crippen LogP contribution in [0.5, 0.6) is 0 Å². The molecule has 0 spiro atoms. The molecule has 0 radical (unpaired) electrons. The van der Waals surface area contributed by atoms with Gasteiger partial charge in [-0.25, -0.2) is 4.44 Å². The number of rotatable bonds is 8. The summed E-state index contributed by atoms with van der Waals surface area (Å²) in [6.07, 6.45) is 1.90. The zero-order valence-electron chi connectivity index (χ0n) is 18.9. The predicted octanol–water partition coefficient (Wildman–Crippen LogP) is 5.98. The minimum atomic E-state index is -0.802. The zero-order valence-corrected chi connectivity index (χ0v) is 20.6. The lowest BCUT2D eigenvalue weighted by Crippen LogP contribution is -2.31.